The SMILES string of the molecule is CC(=O)c1ccc(C(=O)N[C@@H]2CCN(C(=O)c3ccccn3)C[C@H]2O)s1. The normalized spacial score (nSPS) is 19.8. The molecule has 1 saturated heterocycles. The number of rotatable bonds is 4. The van der Waals surface area contributed by atoms with Crippen molar-refractivity contribution >= 4 is 28.9 Å². The molecule has 3 heterocycles. The summed E-state index contributed by atoms with van der Waals surface area (Å²) < 4.78 is 0. The van der Waals surface area contributed by atoms with Gasteiger partial charge in [-0.25, -0.2) is 0 Å². The topological polar surface area (TPSA) is 99.6 Å². The zero-order valence-electron chi connectivity index (χ0n) is 14.2. The highest BCUT2D eigenvalue weighted by molar-refractivity contribution is 7.15. The van der Waals surface area contributed by atoms with Crippen LogP contribution in [0.2, 0.25) is 0 Å². The summed E-state index contributed by atoms with van der Waals surface area (Å²) in [6.45, 7) is 2.00. The van der Waals surface area contributed by atoms with E-state index >= 15 is 0 Å². The molecule has 0 spiro atoms. The molecule has 1 fully saturated rings. The van der Waals surface area contributed by atoms with Crippen LogP contribution in [0.4, 0.5) is 0 Å². The van der Waals surface area contributed by atoms with Crippen molar-refractivity contribution in [2.75, 3.05) is 13.1 Å². The van der Waals surface area contributed by atoms with Gasteiger partial charge in [-0.05, 0) is 37.6 Å². The largest absolute Gasteiger partial charge is 0.389 e. The van der Waals surface area contributed by atoms with E-state index < -0.39 is 12.1 Å². The zero-order valence-corrected chi connectivity index (χ0v) is 15.0. The second-order valence-corrected chi connectivity index (χ2v) is 7.21. The molecule has 7 nitrogen and oxygen atoms in total. The summed E-state index contributed by atoms with van der Waals surface area (Å²) in [7, 11) is 0. The second kappa shape index (κ2) is 7.76. The molecule has 136 valence electrons. The van der Waals surface area contributed by atoms with Crippen LogP contribution in [0, 0.1) is 0 Å². The Morgan fingerprint density at radius 2 is 2.00 bits per heavy atom. The van der Waals surface area contributed by atoms with E-state index in [9.17, 15) is 19.5 Å². The van der Waals surface area contributed by atoms with E-state index in [1.54, 1.807) is 36.5 Å². The number of nitrogens with zero attached hydrogens (tertiary/aromatic N) is 2. The zero-order chi connectivity index (χ0) is 18.7. The van der Waals surface area contributed by atoms with Gasteiger partial charge in [0.15, 0.2) is 5.78 Å². The summed E-state index contributed by atoms with van der Waals surface area (Å²) in [6, 6.07) is 7.87. The number of hydrogen-bond acceptors (Lipinski definition) is 6. The number of thiophene rings is 1. The van der Waals surface area contributed by atoms with E-state index in [0.717, 1.165) is 11.3 Å². The van der Waals surface area contributed by atoms with Crippen molar-refractivity contribution in [3.63, 3.8) is 0 Å². The molecule has 2 aromatic rings. The summed E-state index contributed by atoms with van der Waals surface area (Å²) in [5.41, 5.74) is 0.331. The summed E-state index contributed by atoms with van der Waals surface area (Å²) in [5.74, 6) is -0.648. The lowest BCUT2D eigenvalue weighted by atomic mass is 10.0. The molecule has 2 aromatic heterocycles. The van der Waals surface area contributed by atoms with E-state index in [1.165, 1.54) is 11.8 Å². The number of amides is 2. The number of aliphatic hydroxyl groups is 1. The van der Waals surface area contributed by atoms with Crippen molar-refractivity contribution < 1.29 is 19.5 Å². The fourth-order valence-electron chi connectivity index (χ4n) is 2.82. The Balaban J connectivity index is 1.59. The van der Waals surface area contributed by atoms with Crippen LogP contribution >= 0.6 is 11.3 Å². The van der Waals surface area contributed by atoms with Crippen molar-refractivity contribution in [3.05, 3.63) is 52.0 Å². The first-order chi connectivity index (χ1) is 12.5. The van der Waals surface area contributed by atoms with Gasteiger partial charge < -0.3 is 15.3 Å². The maximum absolute atomic E-state index is 12.4. The Hall–Kier alpha value is -2.58. The number of piperidine rings is 1. The van der Waals surface area contributed by atoms with Gasteiger partial charge in [-0.3, -0.25) is 19.4 Å². The number of aromatic nitrogens is 1. The van der Waals surface area contributed by atoms with Crippen molar-refractivity contribution in [3.8, 4) is 0 Å². The van der Waals surface area contributed by atoms with E-state index in [-0.39, 0.29) is 24.1 Å². The minimum Gasteiger partial charge on any atom is -0.389 e. The number of β-amino-alcohol motifs (C(OH)–C–C–N with tert-alkyl or cyclic N) is 1. The Kier molecular flexibility index (Phi) is 5.43. The Morgan fingerprint density at radius 1 is 1.23 bits per heavy atom. The number of ketones is 1. The minimum absolute atomic E-state index is 0.0876. The number of aliphatic hydroxyl groups excluding tert-OH is 1. The van der Waals surface area contributed by atoms with Gasteiger partial charge in [-0.1, -0.05) is 6.07 Å². The van der Waals surface area contributed by atoms with Gasteiger partial charge in [0, 0.05) is 19.3 Å². The van der Waals surface area contributed by atoms with Crippen molar-refractivity contribution in [2.45, 2.75) is 25.5 Å². The molecule has 1 aliphatic rings. The lowest BCUT2D eigenvalue weighted by molar-refractivity contribution is 0.0312. The van der Waals surface area contributed by atoms with E-state index in [4.69, 9.17) is 0 Å². The van der Waals surface area contributed by atoms with Gasteiger partial charge in [-0.15, -0.1) is 11.3 Å². The van der Waals surface area contributed by atoms with Gasteiger partial charge >= 0.3 is 0 Å². The average Bonchev–Trinajstić information content (AvgIpc) is 3.14. The number of carbonyl (C=O) groups is 3. The van der Waals surface area contributed by atoms with Gasteiger partial charge in [0.2, 0.25) is 0 Å². The maximum atomic E-state index is 12.4. The first-order valence-corrected chi connectivity index (χ1v) is 9.07. The van der Waals surface area contributed by atoms with Crippen molar-refractivity contribution in [2.24, 2.45) is 0 Å². The molecular formula is C18H19N3O4S. The highest BCUT2D eigenvalue weighted by Gasteiger charge is 2.32. The maximum Gasteiger partial charge on any atom is 0.272 e. The Bertz CT molecular complexity index is 821. The lowest BCUT2D eigenvalue weighted by Crippen LogP contribution is -2.55. The van der Waals surface area contributed by atoms with E-state index in [1.807, 2.05) is 0 Å². The number of carbonyl (C=O) groups excluding carboxylic acids is 3. The van der Waals surface area contributed by atoms with Crippen LogP contribution in [-0.2, 0) is 0 Å². The molecule has 2 amide bonds. The summed E-state index contributed by atoms with van der Waals surface area (Å²) >= 11 is 1.13. The molecule has 0 aliphatic carbocycles. The van der Waals surface area contributed by atoms with E-state index in [0.29, 0.717) is 28.4 Å². The number of Topliss-reactive ketones (excluding diaryl/α,β-unsaturated/α-hetero) is 1. The predicted molar refractivity (Wildman–Crippen MR) is 96.3 cm³/mol. The van der Waals surface area contributed by atoms with Crippen LogP contribution in [0.5, 0.6) is 0 Å². The van der Waals surface area contributed by atoms with Crippen molar-refractivity contribution in [1.29, 1.82) is 0 Å². The molecule has 3 rings (SSSR count). The second-order valence-electron chi connectivity index (χ2n) is 6.12. The van der Waals surface area contributed by atoms with Crippen LogP contribution in [0.1, 0.15) is 43.2 Å². The van der Waals surface area contributed by atoms with Crippen LogP contribution < -0.4 is 5.32 Å². The molecule has 1 aliphatic heterocycles. The smallest absolute Gasteiger partial charge is 0.272 e. The lowest BCUT2D eigenvalue weighted by Gasteiger charge is -2.36. The summed E-state index contributed by atoms with van der Waals surface area (Å²) in [5, 5.41) is 13.1. The van der Waals surface area contributed by atoms with Gasteiger partial charge in [-0.2, -0.15) is 0 Å². The average molecular weight is 373 g/mol. The highest BCUT2D eigenvalue weighted by Crippen LogP contribution is 2.19. The number of nitrogens with one attached hydrogen (secondary N) is 1. The minimum atomic E-state index is -0.868. The molecule has 0 bridgehead atoms. The standard InChI is InChI=1S/C18H19N3O4S/c1-11(22)15-5-6-16(26-15)17(24)20-12-7-9-21(10-14(12)23)18(25)13-4-2-3-8-19-13/h2-6,8,12,14,23H,7,9-10H2,1H3,(H,20,24)/t12-,14-/m1/s1. The van der Waals surface area contributed by atoms with Crippen LogP contribution in [-0.4, -0.2) is 57.8 Å². The molecule has 0 radical (unpaired) electrons. The quantitative estimate of drug-likeness (QED) is 0.788. The Morgan fingerprint density at radius 3 is 2.62 bits per heavy atom. The van der Waals surface area contributed by atoms with Crippen LogP contribution in [0.15, 0.2) is 36.5 Å². The summed E-state index contributed by atoms with van der Waals surface area (Å²) in [4.78, 5) is 42.6. The molecule has 0 aromatic carbocycles. The Labute approximate surface area is 154 Å². The molecule has 0 saturated carbocycles. The third kappa shape index (κ3) is 3.97. The van der Waals surface area contributed by atoms with Crippen molar-refractivity contribution in [1.82, 2.24) is 15.2 Å². The van der Waals surface area contributed by atoms with Crippen LogP contribution in [0.3, 0.4) is 0 Å². The van der Waals surface area contributed by atoms with Gasteiger partial charge in [0.1, 0.15) is 5.69 Å². The molecule has 8 heteroatoms. The molecular weight excluding hydrogens is 354 g/mol. The molecule has 2 N–H and O–H groups in total. The monoisotopic (exact) mass is 373 g/mol. The van der Waals surface area contributed by atoms with Gasteiger partial charge in [0.05, 0.1) is 21.9 Å². The van der Waals surface area contributed by atoms with Crippen LogP contribution in [0.25, 0.3) is 0 Å². The fourth-order valence-corrected chi connectivity index (χ4v) is 3.63. The molecule has 0 unspecified atom stereocenters. The summed E-state index contributed by atoms with van der Waals surface area (Å²) in [6.07, 6.45) is 1.12. The molecule has 2 atom stereocenters. The number of likely N-dealkylation sites (tertiary alicyclic amines) is 1. The third-order valence-electron chi connectivity index (χ3n) is 4.25. The third-order valence-corrected chi connectivity index (χ3v) is 5.43. The fraction of sp³-hybridized carbons (Fsp3) is 0.333. The number of pyridine rings is 1. The van der Waals surface area contributed by atoms with Gasteiger partial charge in [0.25, 0.3) is 11.8 Å². The highest BCUT2D eigenvalue weighted by atomic mass is 32.1. The first-order valence-electron chi connectivity index (χ1n) is 8.25. The molecule has 26 heavy (non-hydrogen) atoms. The van der Waals surface area contributed by atoms with E-state index in [2.05, 4.69) is 10.3 Å². The number of hydrogen-bond donors (Lipinski definition) is 2. The first kappa shape index (κ1) is 18.2. The predicted octanol–water partition coefficient (Wildman–Crippen LogP) is 1.35.